The maximum atomic E-state index is 12.8. The number of hydrogen-bond donors (Lipinski definition) is 2. The highest BCUT2D eigenvalue weighted by molar-refractivity contribution is 6.31. The van der Waals surface area contributed by atoms with E-state index in [4.69, 9.17) is 11.6 Å². The van der Waals surface area contributed by atoms with Crippen molar-refractivity contribution in [3.05, 3.63) is 34.6 Å². The van der Waals surface area contributed by atoms with Crippen molar-refractivity contribution in [3.63, 3.8) is 0 Å². The van der Waals surface area contributed by atoms with E-state index in [-0.39, 0.29) is 36.7 Å². The van der Waals surface area contributed by atoms with Crippen LogP contribution < -0.4 is 10.6 Å². The average Bonchev–Trinajstić information content (AvgIpc) is 2.17. The Balaban J connectivity index is 0.00000256. The quantitative estimate of drug-likeness (QED) is 0.889. The first-order valence-electron chi connectivity index (χ1n) is 4.93. The van der Waals surface area contributed by atoms with E-state index in [1.54, 1.807) is 20.0 Å². The van der Waals surface area contributed by atoms with Crippen molar-refractivity contribution in [2.45, 2.75) is 13.0 Å². The molecule has 0 aliphatic heterocycles. The fraction of sp³-hybridized carbons (Fsp3) is 0.364. The second kappa shape index (κ2) is 7.48. The summed E-state index contributed by atoms with van der Waals surface area (Å²) in [5, 5.41) is 5.81. The molecule has 1 unspecified atom stereocenters. The number of nitrogens with one attached hydrogen (secondary N) is 2. The van der Waals surface area contributed by atoms with Gasteiger partial charge in [-0.1, -0.05) is 17.7 Å². The number of halogens is 3. The van der Waals surface area contributed by atoms with Crippen LogP contribution in [-0.4, -0.2) is 19.5 Å². The van der Waals surface area contributed by atoms with E-state index in [1.807, 2.05) is 0 Å². The lowest BCUT2D eigenvalue weighted by molar-refractivity contribution is -0.120. The minimum atomic E-state index is -0.387. The molecule has 0 heterocycles. The van der Waals surface area contributed by atoms with Gasteiger partial charge in [-0.2, -0.15) is 0 Å². The minimum Gasteiger partial charge on any atom is -0.348 e. The molecular formula is C11H15Cl2FN2O. The first kappa shape index (κ1) is 16.2. The summed E-state index contributed by atoms with van der Waals surface area (Å²) in [6.45, 7) is 2.04. The van der Waals surface area contributed by atoms with Gasteiger partial charge in [0.05, 0.1) is 12.6 Å². The van der Waals surface area contributed by atoms with Crippen molar-refractivity contribution < 1.29 is 9.18 Å². The van der Waals surface area contributed by atoms with E-state index >= 15 is 0 Å². The molecule has 0 aliphatic rings. The van der Waals surface area contributed by atoms with Gasteiger partial charge in [-0.15, -0.1) is 12.4 Å². The smallest absolute Gasteiger partial charge is 0.234 e. The zero-order valence-corrected chi connectivity index (χ0v) is 11.2. The second-order valence-corrected chi connectivity index (χ2v) is 3.89. The Hall–Kier alpha value is -0.840. The van der Waals surface area contributed by atoms with Crippen LogP contribution >= 0.6 is 24.0 Å². The molecule has 0 aromatic heterocycles. The Labute approximate surface area is 111 Å². The molecule has 1 aromatic rings. The molecule has 3 nitrogen and oxygen atoms in total. The van der Waals surface area contributed by atoms with Crippen molar-refractivity contribution in [2.75, 3.05) is 13.6 Å². The predicted molar refractivity (Wildman–Crippen MR) is 69.1 cm³/mol. The standard InChI is InChI=1S/C11H14ClFN2O.ClH/c1-7(15-11(16)6-14-2)9-4-3-8(13)5-10(9)12;/h3-5,7,14H,6H2,1-2H3,(H,15,16);1H. The zero-order chi connectivity index (χ0) is 12.1. The number of carbonyl (C=O) groups excluding carboxylic acids is 1. The summed E-state index contributed by atoms with van der Waals surface area (Å²) in [5.74, 6) is -0.516. The van der Waals surface area contributed by atoms with Crippen molar-refractivity contribution >= 4 is 29.9 Å². The van der Waals surface area contributed by atoms with E-state index in [0.29, 0.717) is 10.6 Å². The molecule has 0 saturated carbocycles. The van der Waals surface area contributed by atoms with E-state index in [0.717, 1.165) is 0 Å². The molecule has 0 saturated heterocycles. The Bertz CT molecular complexity index is 388. The highest BCUT2D eigenvalue weighted by Crippen LogP contribution is 2.23. The van der Waals surface area contributed by atoms with Gasteiger partial charge >= 0.3 is 0 Å². The molecule has 1 atom stereocenters. The van der Waals surface area contributed by atoms with Crippen LogP contribution in [0.3, 0.4) is 0 Å². The molecule has 2 N–H and O–H groups in total. The summed E-state index contributed by atoms with van der Waals surface area (Å²) in [5.41, 5.74) is 0.701. The number of benzene rings is 1. The van der Waals surface area contributed by atoms with Gasteiger partial charge in [0, 0.05) is 5.02 Å². The second-order valence-electron chi connectivity index (χ2n) is 3.49. The topological polar surface area (TPSA) is 41.1 Å². The van der Waals surface area contributed by atoms with Crippen molar-refractivity contribution in [3.8, 4) is 0 Å². The Morgan fingerprint density at radius 1 is 1.53 bits per heavy atom. The van der Waals surface area contributed by atoms with Crippen LogP contribution in [0.1, 0.15) is 18.5 Å². The summed E-state index contributed by atoms with van der Waals surface area (Å²) < 4.78 is 12.8. The van der Waals surface area contributed by atoms with Crippen LogP contribution in [0.2, 0.25) is 5.02 Å². The van der Waals surface area contributed by atoms with Gasteiger partial charge < -0.3 is 10.6 Å². The van der Waals surface area contributed by atoms with Crippen LogP contribution in [0, 0.1) is 5.82 Å². The molecule has 1 rings (SSSR count). The van der Waals surface area contributed by atoms with Crippen molar-refractivity contribution in [2.24, 2.45) is 0 Å². The third-order valence-corrected chi connectivity index (χ3v) is 2.47. The van der Waals surface area contributed by atoms with Crippen LogP contribution in [0.15, 0.2) is 18.2 Å². The summed E-state index contributed by atoms with van der Waals surface area (Å²) >= 11 is 5.88. The summed E-state index contributed by atoms with van der Waals surface area (Å²) in [6.07, 6.45) is 0. The normalized spacial score (nSPS) is 11.5. The Kier molecular flexibility index (Phi) is 7.11. The number of hydrogen-bond acceptors (Lipinski definition) is 2. The molecule has 0 aliphatic carbocycles. The van der Waals surface area contributed by atoms with Gasteiger partial charge in [-0.25, -0.2) is 4.39 Å². The lowest BCUT2D eigenvalue weighted by Gasteiger charge is -2.15. The third-order valence-electron chi connectivity index (χ3n) is 2.14. The van der Waals surface area contributed by atoms with Crippen molar-refractivity contribution in [1.82, 2.24) is 10.6 Å². The minimum absolute atomic E-state index is 0. The highest BCUT2D eigenvalue weighted by Gasteiger charge is 2.12. The van der Waals surface area contributed by atoms with Gasteiger partial charge in [0.1, 0.15) is 5.82 Å². The van der Waals surface area contributed by atoms with Gasteiger partial charge in [0.2, 0.25) is 5.91 Å². The fourth-order valence-electron chi connectivity index (χ4n) is 1.38. The average molecular weight is 281 g/mol. The molecular weight excluding hydrogens is 266 g/mol. The molecule has 1 amide bonds. The molecule has 0 spiro atoms. The maximum Gasteiger partial charge on any atom is 0.234 e. The monoisotopic (exact) mass is 280 g/mol. The molecule has 0 fully saturated rings. The van der Waals surface area contributed by atoms with Gasteiger partial charge in [0.15, 0.2) is 0 Å². The van der Waals surface area contributed by atoms with Gasteiger partial charge in [-0.05, 0) is 31.7 Å². The highest BCUT2D eigenvalue weighted by atomic mass is 35.5. The number of rotatable bonds is 4. The van der Waals surface area contributed by atoms with Crippen molar-refractivity contribution in [1.29, 1.82) is 0 Å². The summed E-state index contributed by atoms with van der Waals surface area (Å²) in [6, 6.07) is 3.88. The number of amides is 1. The van der Waals surface area contributed by atoms with Crippen LogP contribution in [0.25, 0.3) is 0 Å². The first-order valence-corrected chi connectivity index (χ1v) is 5.31. The third kappa shape index (κ3) is 4.89. The molecule has 17 heavy (non-hydrogen) atoms. The fourth-order valence-corrected chi connectivity index (χ4v) is 1.71. The van der Waals surface area contributed by atoms with Crippen LogP contribution in [0.4, 0.5) is 4.39 Å². The lowest BCUT2D eigenvalue weighted by Crippen LogP contribution is -2.34. The van der Waals surface area contributed by atoms with E-state index in [2.05, 4.69) is 10.6 Å². The Morgan fingerprint density at radius 3 is 2.71 bits per heavy atom. The molecule has 96 valence electrons. The van der Waals surface area contributed by atoms with E-state index in [9.17, 15) is 9.18 Å². The largest absolute Gasteiger partial charge is 0.348 e. The number of carbonyl (C=O) groups is 1. The van der Waals surface area contributed by atoms with Crippen LogP contribution in [0.5, 0.6) is 0 Å². The molecule has 0 radical (unpaired) electrons. The van der Waals surface area contributed by atoms with Crippen LogP contribution in [-0.2, 0) is 4.79 Å². The lowest BCUT2D eigenvalue weighted by atomic mass is 10.1. The molecule has 0 bridgehead atoms. The molecule has 1 aromatic carbocycles. The van der Waals surface area contributed by atoms with Gasteiger partial charge in [-0.3, -0.25) is 4.79 Å². The van der Waals surface area contributed by atoms with Gasteiger partial charge in [0.25, 0.3) is 0 Å². The zero-order valence-electron chi connectivity index (χ0n) is 9.59. The van der Waals surface area contributed by atoms with E-state index < -0.39 is 0 Å². The summed E-state index contributed by atoms with van der Waals surface area (Å²) in [7, 11) is 1.69. The predicted octanol–water partition coefficient (Wildman–Crippen LogP) is 2.30. The first-order chi connectivity index (χ1) is 7.54. The SMILES string of the molecule is CNCC(=O)NC(C)c1ccc(F)cc1Cl.Cl. The van der Waals surface area contributed by atoms with E-state index in [1.165, 1.54) is 12.1 Å². The maximum absolute atomic E-state index is 12.8. The number of likely N-dealkylation sites (N-methyl/N-ethyl adjacent to an activating group) is 1. The molecule has 6 heteroatoms. The summed E-state index contributed by atoms with van der Waals surface area (Å²) in [4.78, 5) is 11.3. The Morgan fingerprint density at radius 2 is 2.18 bits per heavy atom.